The summed E-state index contributed by atoms with van der Waals surface area (Å²) in [5, 5.41) is 24.2. The Balaban J connectivity index is 1.57. The number of nitrogens with two attached hydrogens (primary N) is 1. The first kappa shape index (κ1) is 22.9. The first-order valence-electron chi connectivity index (χ1n) is 10.4. The largest absolute Gasteiger partial charge is 0.480 e. The summed E-state index contributed by atoms with van der Waals surface area (Å²) < 4.78 is 1.69. The standard InChI is InChI=1S/C25H22ClN5O3/c26-18-6-9-21(20(12-18)25(34)30-19-7-4-16(5-8-19)24(27)28)29-13-17-3-1-2-15-10-11-31(23(15)17)14-22(32)33/h1-12,29H,13-14H2,(H3,27,28)(H,30,34)(H,32,33). The van der Waals surface area contributed by atoms with Crippen LogP contribution in [0.3, 0.4) is 0 Å². The monoisotopic (exact) mass is 475 g/mol. The molecule has 4 rings (SSSR count). The highest BCUT2D eigenvalue weighted by molar-refractivity contribution is 6.31. The molecule has 34 heavy (non-hydrogen) atoms. The number of carbonyl (C=O) groups excluding carboxylic acids is 1. The SMILES string of the molecule is N=C(N)c1ccc(NC(=O)c2cc(Cl)ccc2NCc2cccc3ccn(CC(=O)O)c23)cc1. The Morgan fingerprint density at radius 1 is 1.06 bits per heavy atom. The van der Waals surface area contributed by atoms with Crippen LogP contribution in [-0.2, 0) is 17.9 Å². The van der Waals surface area contributed by atoms with Gasteiger partial charge in [-0.2, -0.15) is 0 Å². The van der Waals surface area contributed by atoms with Gasteiger partial charge < -0.3 is 26.0 Å². The van der Waals surface area contributed by atoms with Crippen LogP contribution in [-0.4, -0.2) is 27.4 Å². The number of anilines is 2. The molecule has 0 unspecified atom stereocenters. The highest BCUT2D eigenvalue weighted by Gasteiger charge is 2.14. The summed E-state index contributed by atoms with van der Waals surface area (Å²) in [5.41, 5.74) is 9.24. The Hall–Kier alpha value is -4.30. The zero-order valence-corrected chi connectivity index (χ0v) is 18.8. The third kappa shape index (κ3) is 5.02. The van der Waals surface area contributed by atoms with Gasteiger partial charge >= 0.3 is 5.97 Å². The summed E-state index contributed by atoms with van der Waals surface area (Å²) in [5.74, 6) is -1.33. The molecule has 0 aliphatic carbocycles. The number of hydrogen-bond acceptors (Lipinski definition) is 4. The van der Waals surface area contributed by atoms with Gasteiger partial charge in [-0.15, -0.1) is 0 Å². The molecular weight excluding hydrogens is 454 g/mol. The van der Waals surface area contributed by atoms with Gasteiger partial charge in [0.05, 0.1) is 11.1 Å². The molecule has 1 amide bonds. The minimum atomic E-state index is -0.923. The number of benzene rings is 3. The average Bonchev–Trinajstić information content (AvgIpc) is 3.21. The lowest BCUT2D eigenvalue weighted by molar-refractivity contribution is -0.137. The van der Waals surface area contributed by atoms with E-state index >= 15 is 0 Å². The number of nitrogens with one attached hydrogen (secondary N) is 3. The molecule has 8 nitrogen and oxygen atoms in total. The molecule has 4 aromatic rings. The normalized spacial score (nSPS) is 10.7. The van der Waals surface area contributed by atoms with E-state index in [-0.39, 0.29) is 18.3 Å². The molecule has 0 radical (unpaired) electrons. The fourth-order valence-corrected chi connectivity index (χ4v) is 3.91. The van der Waals surface area contributed by atoms with Gasteiger partial charge in [0.25, 0.3) is 5.91 Å². The van der Waals surface area contributed by atoms with Crippen molar-refractivity contribution >= 4 is 51.6 Å². The van der Waals surface area contributed by atoms with Crippen LogP contribution in [0.15, 0.2) is 72.9 Å². The fraction of sp³-hybridized carbons (Fsp3) is 0.0800. The first-order chi connectivity index (χ1) is 16.3. The van der Waals surface area contributed by atoms with Gasteiger partial charge in [0.2, 0.25) is 0 Å². The van der Waals surface area contributed by atoms with Gasteiger partial charge in [-0.05, 0) is 59.5 Å². The van der Waals surface area contributed by atoms with Crippen LogP contribution in [0.4, 0.5) is 11.4 Å². The summed E-state index contributed by atoms with van der Waals surface area (Å²) >= 11 is 6.17. The summed E-state index contributed by atoms with van der Waals surface area (Å²) in [6, 6.07) is 19.3. The van der Waals surface area contributed by atoms with Crippen LogP contribution in [0.25, 0.3) is 10.9 Å². The molecule has 0 saturated heterocycles. The van der Waals surface area contributed by atoms with Crippen molar-refractivity contribution in [3.8, 4) is 0 Å². The molecular formula is C25H22ClN5O3. The number of para-hydroxylation sites is 1. The molecule has 3 aromatic carbocycles. The van der Waals surface area contributed by atoms with Gasteiger partial charge in [0, 0.05) is 34.7 Å². The zero-order chi connectivity index (χ0) is 24.2. The number of carboxylic acid groups (broad SMARTS) is 1. The lowest BCUT2D eigenvalue weighted by atomic mass is 10.1. The molecule has 1 heterocycles. The maximum absolute atomic E-state index is 13.0. The van der Waals surface area contributed by atoms with Crippen molar-refractivity contribution in [3.63, 3.8) is 0 Å². The third-order valence-corrected chi connectivity index (χ3v) is 5.56. The maximum atomic E-state index is 13.0. The molecule has 1 aromatic heterocycles. The molecule has 172 valence electrons. The third-order valence-electron chi connectivity index (χ3n) is 5.33. The fourth-order valence-electron chi connectivity index (χ4n) is 3.74. The number of halogens is 1. The highest BCUT2D eigenvalue weighted by atomic mass is 35.5. The number of nitrogens with zero attached hydrogens (tertiary/aromatic N) is 1. The number of hydrogen-bond donors (Lipinski definition) is 5. The van der Waals surface area contributed by atoms with Gasteiger partial charge in [-0.3, -0.25) is 15.0 Å². The second-order valence-corrected chi connectivity index (χ2v) is 8.12. The van der Waals surface area contributed by atoms with E-state index in [1.807, 2.05) is 24.3 Å². The Labute approximate surface area is 200 Å². The average molecular weight is 476 g/mol. The summed E-state index contributed by atoms with van der Waals surface area (Å²) in [6.07, 6.45) is 1.75. The number of carboxylic acids is 1. The summed E-state index contributed by atoms with van der Waals surface area (Å²) in [4.78, 5) is 24.3. The minimum absolute atomic E-state index is 0.0521. The number of amidine groups is 1. The van der Waals surface area contributed by atoms with Gasteiger partial charge in [-0.25, -0.2) is 0 Å². The highest BCUT2D eigenvalue weighted by Crippen LogP contribution is 2.25. The maximum Gasteiger partial charge on any atom is 0.323 e. The molecule has 0 bridgehead atoms. The molecule has 0 atom stereocenters. The molecule has 0 aliphatic rings. The van der Waals surface area contributed by atoms with Crippen molar-refractivity contribution in [3.05, 3.63) is 94.6 Å². The number of nitrogen functional groups attached to an aromatic ring is 1. The smallest absolute Gasteiger partial charge is 0.323 e. The van der Waals surface area contributed by atoms with E-state index < -0.39 is 5.97 Å². The van der Waals surface area contributed by atoms with Crippen molar-refractivity contribution in [2.24, 2.45) is 5.73 Å². The summed E-state index contributed by atoms with van der Waals surface area (Å²) in [6.45, 7) is 0.230. The van der Waals surface area contributed by atoms with Gasteiger partial charge in [0.15, 0.2) is 0 Å². The Morgan fingerprint density at radius 3 is 2.53 bits per heavy atom. The Kier molecular flexibility index (Phi) is 6.51. The van der Waals surface area contributed by atoms with Gasteiger partial charge in [-0.1, -0.05) is 29.8 Å². The second kappa shape index (κ2) is 9.68. The van der Waals surface area contributed by atoms with Gasteiger partial charge in [0.1, 0.15) is 12.4 Å². The van der Waals surface area contributed by atoms with E-state index in [0.29, 0.717) is 34.1 Å². The van der Waals surface area contributed by atoms with Crippen molar-refractivity contribution in [1.82, 2.24) is 4.57 Å². The quantitative estimate of drug-likeness (QED) is 0.188. The molecule has 6 N–H and O–H groups in total. The van der Waals surface area contributed by atoms with Crippen LogP contribution < -0.4 is 16.4 Å². The van der Waals surface area contributed by atoms with Crippen LogP contribution in [0.2, 0.25) is 5.02 Å². The molecule has 0 aliphatic heterocycles. The number of fused-ring (bicyclic) bond motifs is 1. The number of rotatable bonds is 8. The van der Waals surface area contributed by atoms with E-state index in [1.165, 1.54) is 0 Å². The van der Waals surface area contributed by atoms with E-state index in [1.54, 1.807) is 53.2 Å². The van der Waals surface area contributed by atoms with Crippen molar-refractivity contribution < 1.29 is 14.7 Å². The zero-order valence-electron chi connectivity index (χ0n) is 18.0. The number of amides is 1. The minimum Gasteiger partial charge on any atom is -0.480 e. The Morgan fingerprint density at radius 2 is 1.82 bits per heavy atom. The lowest BCUT2D eigenvalue weighted by Crippen LogP contribution is -2.16. The topological polar surface area (TPSA) is 133 Å². The Bertz CT molecular complexity index is 1400. The molecule has 9 heteroatoms. The van der Waals surface area contributed by atoms with Crippen molar-refractivity contribution in [2.45, 2.75) is 13.1 Å². The number of carbonyl (C=O) groups is 2. The number of aliphatic carboxylic acids is 1. The van der Waals surface area contributed by atoms with E-state index in [2.05, 4.69) is 10.6 Å². The summed E-state index contributed by atoms with van der Waals surface area (Å²) in [7, 11) is 0. The predicted molar refractivity (Wildman–Crippen MR) is 134 cm³/mol. The van der Waals surface area contributed by atoms with Crippen LogP contribution in [0.5, 0.6) is 0 Å². The van der Waals surface area contributed by atoms with Crippen LogP contribution in [0, 0.1) is 5.41 Å². The van der Waals surface area contributed by atoms with E-state index in [4.69, 9.17) is 22.7 Å². The van der Waals surface area contributed by atoms with Crippen LogP contribution in [0.1, 0.15) is 21.5 Å². The van der Waals surface area contributed by atoms with Crippen LogP contribution >= 0.6 is 11.6 Å². The van der Waals surface area contributed by atoms with E-state index in [0.717, 1.165) is 16.5 Å². The lowest BCUT2D eigenvalue weighted by Gasteiger charge is -2.14. The first-order valence-corrected chi connectivity index (χ1v) is 10.8. The molecule has 0 saturated carbocycles. The molecule has 0 spiro atoms. The second-order valence-electron chi connectivity index (χ2n) is 7.68. The van der Waals surface area contributed by atoms with Crippen molar-refractivity contribution in [2.75, 3.05) is 10.6 Å². The van der Waals surface area contributed by atoms with E-state index in [9.17, 15) is 14.7 Å². The van der Waals surface area contributed by atoms with Crippen molar-refractivity contribution in [1.29, 1.82) is 5.41 Å². The molecule has 0 fully saturated rings. The predicted octanol–water partition coefficient (Wildman–Crippen LogP) is 4.53. The number of aromatic nitrogens is 1.